The van der Waals surface area contributed by atoms with Gasteiger partial charge < -0.3 is 16.0 Å². The average Bonchev–Trinajstić information content (AvgIpc) is 2.68. The molecule has 0 saturated carbocycles. The smallest absolute Gasteiger partial charge is 0.323 e. The third kappa shape index (κ3) is 5.40. The molecule has 0 aliphatic rings. The third-order valence-electron chi connectivity index (χ3n) is 3.80. The zero-order valence-corrected chi connectivity index (χ0v) is 14.4. The van der Waals surface area contributed by atoms with Crippen molar-refractivity contribution in [1.82, 2.24) is 5.32 Å². The number of hydrogen-bond donors (Lipinski definition) is 3. The number of anilines is 2. The van der Waals surface area contributed by atoms with E-state index in [-0.39, 0.29) is 17.8 Å². The lowest BCUT2D eigenvalue weighted by Crippen LogP contribution is -2.23. The van der Waals surface area contributed by atoms with Crippen molar-refractivity contribution in [3.05, 3.63) is 95.8 Å². The summed E-state index contributed by atoms with van der Waals surface area (Å²) in [5.74, 6) is -0.566. The maximum atomic E-state index is 12.9. The highest BCUT2D eigenvalue weighted by Crippen LogP contribution is 2.12. The Labute approximate surface area is 156 Å². The number of benzene rings is 3. The molecule has 0 atom stereocenters. The van der Waals surface area contributed by atoms with Gasteiger partial charge in [0.1, 0.15) is 5.82 Å². The van der Waals surface area contributed by atoms with E-state index in [2.05, 4.69) is 16.0 Å². The summed E-state index contributed by atoms with van der Waals surface area (Å²) in [6, 6.07) is 21.2. The number of amides is 3. The summed E-state index contributed by atoms with van der Waals surface area (Å²) in [7, 11) is 0. The first-order valence-corrected chi connectivity index (χ1v) is 8.36. The van der Waals surface area contributed by atoms with E-state index >= 15 is 0 Å². The van der Waals surface area contributed by atoms with E-state index in [1.807, 2.05) is 18.2 Å². The maximum absolute atomic E-state index is 12.9. The minimum Gasteiger partial charge on any atom is -0.348 e. The van der Waals surface area contributed by atoms with Crippen LogP contribution < -0.4 is 16.0 Å². The van der Waals surface area contributed by atoms with Crippen LogP contribution in [0.15, 0.2) is 78.9 Å². The lowest BCUT2D eigenvalue weighted by molar-refractivity contribution is 0.0951. The fourth-order valence-corrected chi connectivity index (χ4v) is 2.41. The average molecular weight is 363 g/mol. The van der Waals surface area contributed by atoms with Gasteiger partial charge in [0, 0.05) is 23.5 Å². The van der Waals surface area contributed by atoms with Gasteiger partial charge in [-0.15, -0.1) is 0 Å². The number of carbonyl (C=O) groups is 2. The molecule has 0 aromatic heterocycles. The summed E-state index contributed by atoms with van der Waals surface area (Å²) in [6.45, 7) is 0.304. The Morgan fingerprint density at radius 2 is 1.33 bits per heavy atom. The topological polar surface area (TPSA) is 70.2 Å². The molecule has 0 spiro atoms. The Hall–Kier alpha value is -3.67. The molecule has 3 N–H and O–H groups in total. The lowest BCUT2D eigenvalue weighted by atomic mass is 10.1. The molecule has 0 unspecified atom stereocenters. The minimum atomic E-state index is -0.366. The fourth-order valence-electron chi connectivity index (χ4n) is 2.41. The van der Waals surface area contributed by atoms with Gasteiger partial charge in [-0.05, 0) is 54.1 Å². The van der Waals surface area contributed by atoms with E-state index in [1.54, 1.807) is 48.5 Å². The number of para-hydroxylation sites is 1. The van der Waals surface area contributed by atoms with Crippen LogP contribution in [0.5, 0.6) is 0 Å². The molecule has 0 heterocycles. The first kappa shape index (κ1) is 18.1. The molecule has 0 saturated heterocycles. The zero-order chi connectivity index (χ0) is 19.1. The molecule has 3 amide bonds. The van der Waals surface area contributed by atoms with Crippen molar-refractivity contribution in [3.8, 4) is 0 Å². The highest BCUT2D eigenvalue weighted by Gasteiger charge is 2.07. The van der Waals surface area contributed by atoms with E-state index < -0.39 is 0 Å². The Balaban J connectivity index is 1.52. The molecule has 0 bridgehead atoms. The Morgan fingerprint density at radius 3 is 1.96 bits per heavy atom. The zero-order valence-electron chi connectivity index (χ0n) is 14.4. The van der Waals surface area contributed by atoms with Gasteiger partial charge in [0.15, 0.2) is 0 Å². The highest BCUT2D eigenvalue weighted by atomic mass is 19.1. The molecule has 3 rings (SSSR count). The highest BCUT2D eigenvalue weighted by molar-refractivity contribution is 6.00. The van der Waals surface area contributed by atoms with Crippen LogP contribution in [0.4, 0.5) is 20.6 Å². The quantitative estimate of drug-likeness (QED) is 0.629. The summed E-state index contributed by atoms with van der Waals surface area (Å²) < 4.78 is 12.9. The van der Waals surface area contributed by atoms with Gasteiger partial charge in [-0.1, -0.05) is 30.3 Å². The number of halogens is 1. The largest absolute Gasteiger partial charge is 0.348 e. The molecule has 0 radical (unpaired) electrons. The molecule has 0 aliphatic carbocycles. The maximum Gasteiger partial charge on any atom is 0.323 e. The van der Waals surface area contributed by atoms with Gasteiger partial charge >= 0.3 is 6.03 Å². The van der Waals surface area contributed by atoms with Crippen LogP contribution in [0.25, 0.3) is 0 Å². The van der Waals surface area contributed by atoms with Crippen LogP contribution in [0.3, 0.4) is 0 Å². The normalized spacial score (nSPS) is 10.1. The number of nitrogens with one attached hydrogen (secondary N) is 3. The second kappa shape index (κ2) is 8.62. The van der Waals surface area contributed by atoms with Gasteiger partial charge in [0.05, 0.1) is 0 Å². The van der Waals surface area contributed by atoms with Gasteiger partial charge in [-0.2, -0.15) is 0 Å². The molecule has 3 aromatic rings. The second-order valence-electron chi connectivity index (χ2n) is 5.83. The molecule has 3 aromatic carbocycles. The predicted octanol–water partition coefficient (Wildman–Crippen LogP) is 4.40. The van der Waals surface area contributed by atoms with E-state index in [0.717, 1.165) is 5.56 Å². The number of hydrogen-bond acceptors (Lipinski definition) is 2. The lowest BCUT2D eigenvalue weighted by Gasteiger charge is -2.09. The number of carbonyl (C=O) groups excluding carboxylic acids is 2. The molecule has 0 aliphatic heterocycles. The van der Waals surface area contributed by atoms with Crippen LogP contribution in [-0.4, -0.2) is 11.9 Å². The molecular weight excluding hydrogens is 345 g/mol. The first-order chi connectivity index (χ1) is 13.1. The second-order valence-corrected chi connectivity index (χ2v) is 5.83. The monoisotopic (exact) mass is 363 g/mol. The minimum absolute atomic E-state index is 0.250. The Bertz CT molecular complexity index is 910. The standard InChI is InChI=1S/C21H18FN3O2/c22-17-10-6-15(7-11-17)14-23-20(26)16-8-12-19(13-9-16)25-21(27)24-18-4-2-1-3-5-18/h1-13H,14H2,(H,23,26)(H2,24,25,27). The van der Waals surface area contributed by atoms with Crippen LogP contribution in [-0.2, 0) is 6.54 Å². The van der Waals surface area contributed by atoms with Gasteiger partial charge in [-0.3, -0.25) is 4.79 Å². The number of rotatable bonds is 5. The van der Waals surface area contributed by atoms with E-state index in [4.69, 9.17) is 0 Å². The first-order valence-electron chi connectivity index (χ1n) is 8.36. The molecular formula is C21H18FN3O2. The predicted molar refractivity (Wildman–Crippen MR) is 103 cm³/mol. The summed E-state index contributed by atoms with van der Waals surface area (Å²) in [5, 5.41) is 8.18. The Kier molecular flexibility index (Phi) is 5.79. The van der Waals surface area contributed by atoms with E-state index in [1.165, 1.54) is 12.1 Å². The molecule has 0 fully saturated rings. The van der Waals surface area contributed by atoms with Crippen LogP contribution in [0.2, 0.25) is 0 Å². The van der Waals surface area contributed by atoms with Crippen LogP contribution >= 0.6 is 0 Å². The SMILES string of the molecule is O=C(Nc1ccccc1)Nc1ccc(C(=O)NCc2ccc(F)cc2)cc1. The van der Waals surface area contributed by atoms with Crippen molar-refractivity contribution < 1.29 is 14.0 Å². The van der Waals surface area contributed by atoms with Crippen molar-refractivity contribution in [2.75, 3.05) is 10.6 Å². The van der Waals surface area contributed by atoms with E-state index in [0.29, 0.717) is 23.5 Å². The third-order valence-corrected chi connectivity index (χ3v) is 3.80. The molecule has 5 nitrogen and oxygen atoms in total. The van der Waals surface area contributed by atoms with Crippen molar-refractivity contribution in [2.24, 2.45) is 0 Å². The van der Waals surface area contributed by atoms with Crippen LogP contribution in [0, 0.1) is 5.82 Å². The van der Waals surface area contributed by atoms with Crippen molar-refractivity contribution in [3.63, 3.8) is 0 Å². The number of urea groups is 1. The van der Waals surface area contributed by atoms with Gasteiger partial charge in [-0.25, -0.2) is 9.18 Å². The molecule has 27 heavy (non-hydrogen) atoms. The van der Waals surface area contributed by atoms with Gasteiger partial charge in [0.2, 0.25) is 0 Å². The fraction of sp³-hybridized carbons (Fsp3) is 0.0476. The van der Waals surface area contributed by atoms with Crippen molar-refractivity contribution >= 4 is 23.3 Å². The van der Waals surface area contributed by atoms with E-state index in [9.17, 15) is 14.0 Å². The summed E-state index contributed by atoms with van der Waals surface area (Å²) in [5.41, 5.74) is 2.53. The molecule has 6 heteroatoms. The van der Waals surface area contributed by atoms with Crippen LogP contribution in [0.1, 0.15) is 15.9 Å². The summed E-state index contributed by atoms with van der Waals surface area (Å²) in [6.07, 6.45) is 0. The summed E-state index contributed by atoms with van der Waals surface area (Å²) >= 11 is 0. The van der Waals surface area contributed by atoms with Gasteiger partial charge in [0.25, 0.3) is 5.91 Å². The molecule has 136 valence electrons. The Morgan fingerprint density at radius 1 is 0.741 bits per heavy atom. The summed E-state index contributed by atoms with van der Waals surface area (Å²) in [4.78, 5) is 24.1. The van der Waals surface area contributed by atoms with Crippen molar-refractivity contribution in [2.45, 2.75) is 6.54 Å². The van der Waals surface area contributed by atoms with Crippen molar-refractivity contribution in [1.29, 1.82) is 0 Å².